The molecule has 2 nitrogen and oxygen atoms in total. The van der Waals surface area contributed by atoms with Crippen molar-refractivity contribution in [3.8, 4) is 0 Å². The minimum Gasteiger partial charge on any atom is -0.478 e. The zero-order chi connectivity index (χ0) is 15.4. The highest BCUT2D eigenvalue weighted by Gasteiger charge is 2.14. The van der Waals surface area contributed by atoms with Crippen molar-refractivity contribution in [3.63, 3.8) is 0 Å². The van der Waals surface area contributed by atoms with Crippen LogP contribution < -0.4 is 0 Å². The summed E-state index contributed by atoms with van der Waals surface area (Å²) in [5, 5.41) is 9.77. The van der Waals surface area contributed by atoms with Gasteiger partial charge in [-0.1, -0.05) is 59.6 Å². The average molecular weight is 301 g/mol. The van der Waals surface area contributed by atoms with E-state index in [4.69, 9.17) is 16.7 Å². The predicted molar refractivity (Wildman–Crippen MR) is 85.9 cm³/mol. The summed E-state index contributed by atoms with van der Waals surface area (Å²) in [6, 6.07) is 15.6. The van der Waals surface area contributed by atoms with Crippen LogP contribution in [0.5, 0.6) is 0 Å². The Balaban J connectivity index is 2.51. The van der Waals surface area contributed by atoms with Gasteiger partial charge in [-0.2, -0.15) is 0 Å². The van der Waals surface area contributed by atoms with E-state index in [1.165, 1.54) is 5.56 Å². The van der Waals surface area contributed by atoms with Crippen molar-refractivity contribution in [1.29, 1.82) is 0 Å². The highest BCUT2D eigenvalue weighted by molar-refractivity contribution is 6.30. The van der Waals surface area contributed by atoms with Crippen molar-refractivity contribution < 1.29 is 9.90 Å². The number of aliphatic carboxylic acids is 1. The molecule has 21 heavy (non-hydrogen) atoms. The summed E-state index contributed by atoms with van der Waals surface area (Å²) in [4.78, 5) is 11.1. The number of rotatable bonds is 4. The fourth-order valence-electron chi connectivity index (χ4n) is 2.18. The molecule has 2 aromatic rings. The number of hydrogen-bond acceptors (Lipinski definition) is 1. The largest absolute Gasteiger partial charge is 0.478 e. The second-order valence-electron chi connectivity index (χ2n) is 5.10. The minimum atomic E-state index is -0.908. The molecule has 108 valence electrons. The third-order valence-corrected chi connectivity index (χ3v) is 3.63. The minimum absolute atomic E-state index is 0.125. The fraction of sp³-hybridized carbons (Fsp3) is 0.167. The van der Waals surface area contributed by atoms with E-state index in [9.17, 15) is 4.79 Å². The molecular weight excluding hydrogens is 284 g/mol. The van der Waals surface area contributed by atoms with Crippen LogP contribution in [-0.4, -0.2) is 11.1 Å². The van der Waals surface area contributed by atoms with E-state index >= 15 is 0 Å². The first-order valence-electron chi connectivity index (χ1n) is 6.71. The summed E-state index contributed by atoms with van der Waals surface area (Å²) < 4.78 is 0. The molecule has 2 rings (SSSR count). The maximum atomic E-state index is 11.1. The quantitative estimate of drug-likeness (QED) is 0.823. The van der Waals surface area contributed by atoms with Crippen molar-refractivity contribution in [2.24, 2.45) is 0 Å². The van der Waals surface area contributed by atoms with Crippen molar-refractivity contribution in [2.45, 2.75) is 19.8 Å². The standard InChI is InChI=1S/C18H17ClO2/c1-12-6-8-14(9-7-12)17(10-13(2)18(20)21)15-4-3-5-16(19)11-15/h3-11,17H,1-2H3,(H,20,21). The first-order chi connectivity index (χ1) is 9.97. The molecule has 0 aliphatic rings. The Kier molecular flexibility index (Phi) is 4.81. The first-order valence-corrected chi connectivity index (χ1v) is 7.09. The number of carbonyl (C=O) groups is 1. The van der Waals surface area contributed by atoms with Crippen LogP contribution in [0.1, 0.15) is 29.5 Å². The lowest BCUT2D eigenvalue weighted by Gasteiger charge is -2.15. The van der Waals surface area contributed by atoms with Crippen molar-refractivity contribution in [1.82, 2.24) is 0 Å². The molecule has 0 bridgehead atoms. The Labute approximate surface area is 129 Å². The van der Waals surface area contributed by atoms with Crippen LogP contribution >= 0.6 is 11.6 Å². The van der Waals surface area contributed by atoms with Crippen LogP contribution in [0.4, 0.5) is 0 Å². The lowest BCUT2D eigenvalue weighted by Crippen LogP contribution is -2.03. The number of allylic oxidation sites excluding steroid dienone is 1. The topological polar surface area (TPSA) is 37.3 Å². The van der Waals surface area contributed by atoms with Crippen LogP contribution in [0, 0.1) is 6.92 Å². The monoisotopic (exact) mass is 300 g/mol. The Morgan fingerprint density at radius 2 is 1.81 bits per heavy atom. The van der Waals surface area contributed by atoms with Gasteiger partial charge in [-0.05, 0) is 37.1 Å². The van der Waals surface area contributed by atoms with E-state index in [1.54, 1.807) is 13.0 Å². The molecule has 0 amide bonds. The van der Waals surface area contributed by atoms with E-state index in [2.05, 4.69) is 0 Å². The van der Waals surface area contributed by atoms with Crippen LogP contribution in [-0.2, 0) is 4.79 Å². The second-order valence-corrected chi connectivity index (χ2v) is 5.53. The summed E-state index contributed by atoms with van der Waals surface area (Å²) in [6.07, 6.45) is 1.76. The van der Waals surface area contributed by atoms with Crippen molar-refractivity contribution in [2.75, 3.05) is 0 Å². The zero-order valence-electron chi connectivity index (χ0n) is 12.0. The third kappa shape index (κ3) is 3.96. The molecule has 0 radical (unpaired) electrons. The molecule has 0 heterocycles. The number of halogens is 1. The van der Waals surface area contributed by atoms with E-state index in [-0.39, 0.29) is 5.92 Å². The van der Waals surface area contributed by atoms with E-state index < -0.39 is 5.97 Å². The van der Waals surface area contributed by atoms with Gasteiger partial charge in [0.2, 0.25) is 0 Å². The van der Waals surface area contributed by atoms with Gasteiger partial charge < -0.3 is 5.11 Å². The summed E-state index contributed by atoms with van der Waals surface area (Å²) in [5.74, 6) is -1.03. The normalized spacial score (nSPS) is 13.0. The molecule has 1 unspecified atom stereocenters. The molecule has 3 heteroatoms. The van der Waals surface area contributed by atoms with Crippen LogP contribution in [0.15, 0.2) is 60.2 Å². The lowest BCUT2D eigenvalue weighted by atomic mass is 9.89. The SMILES string of the molecule is CC(=CC(c1ccc(C)cc1)c1cccc(Cl)c1)C(=O)O. The van der Waals surface area contributed by atoms with Gasteiger partial charge in [0.15, 0.2) is 0 Å². The predicted octanol–water partition coefficient (Wildman–Crippen LogP) is 4.81. The third-order valence-electron chi connectivity index (χ3n) is 3.40. The Bertz CT molecular complexity index is 672. The Morgan fingerprint density at radius 1 is 1.14 bits per heavy atom. The number of hydrogen-bond donors (Lipinski definition) is 1. The molecular formula is C18H17ClO2. The molecule has 1 N–H and O–H groups in total. The maximum absolute atomic E-state index is 11.1. The molecule has 0 aromatic heterocycles. The summed E-state index contributed by atoms with van der Waals surface area (Å²) in [6.45, 7) is 3.63. The number of benzene rings is 2. The molecule has 0 fully saturated rings. The van der Waals surface area contributed by atoms with Crippen LogP contribution in [0.25, 0.3) is 0 Å². The second kappa shape index (κ2) is 6.59. The van der Waals surface area contributed by atoms with Gasteiger partial charge >= 0.3 is 5.97 Å². The van der Waals surface area contributed by atoms with Gasteiger partial charge in [0, 0.05) is 16.5 Å². The molecule has 0 saturated carbocycles. The zero-order valence-corrected chi connectivity index (χ0v) is 12.8. The highest BCUT2D eigenvalue weighted by atomic mass is 35.5. The number of aryl methyl sites for hydroxylation is 1. The number of carboxylic acids is 1. The van der Waals surface area contributed by atoms with Gasteiger partial charge in [-0.15, -0.1) is 0 Å². The maximum Gasteiger partial charge on any atom is 0.330 e. The van der Waals surface area contributed by atoms with Gasteiger partial charge in [0.05, 0.1) is 0 Å². The van der Waals surface area contributed by atoms with Gasteiger partial charge in [0.1, 0.15) is 0 Å². The molecule has 0 saturated heterocycles. The van der Waals surface area contributed by atoms with Gasteiger partial charge in [0.25, 0.3) is 0 Å². The Morgan fingerprint density at radius 3 is 2.38 bits per heavy atom. The van der Waals surface area contributed by atoms with Crippen molar-refractivity contribution in [3.05, 3.63) is 81.9 Å². The van der Waals surface area contributed by atoms with Gasteiger partial charge in [-0.3, -0.25) is 0 Å². The smallest absolute Gasteiger partial charge is 0.330 e. The number of carboxylic acid groups (broad SMARTS) is 1. The van der Waals surface area contributed by atoms with E-state index in [0.717, 1.165) is 11.1 Å². The Hall–Kier alpha value is -2.06. The molecule has 2 aromatic carbocycles. The fourth-order valence-corrected chi connectivity index (χ4v) is 2.38. The highest BCUT2D eigenvalue weighted by Crippen LogP contribution is 2.29. The molecule has 1 atom stereocenters. The first kappa shape index (κ1) is 15.3. The molecule has 0 aliphatic carbocycles. The summed E-state index contributed by atoms with van der Waals surface area (Å²) in [5.41, 5.74) is 3.51. The van der Waals surface area contributed by atoms with Gasteiger partial charge in [-0.25, -0.2) is 4.79 Å². The van der Waals surface area contributed by atoms with E-state index in [1.807, 2.05) is 55.5 Å². The molecule has 0 aliphatic heterocycles. The van der Waals surface area contributed by atoms with Crippen LogP contribution in [0.3, 0.4) is 0 Å². The average Bonchev–Trinajstić information content (AvgIpc) is 2.45. The lowest BCUT2D eigenvalue weighted by molar-refractivity contribution is -0.132. The van der Waals surface area contributed by atoms with Crippen LogP contribution in [0.2, 0.25) is 5.02 Å². The van der Waals surface area contributed by atoms with Crippen molar-refractivity contribution >= 4 is 17.6 Å². The van der Waals surface area contributed by atoms with E-state index in [0.29, 0.717) is 10.6 Å². The summed E-state index contributed by atoms with van der Waals surface area (Å²) >= 11 is 6.06. The summed E-state index contributed by atoms with van der Waals surface area (Å²) in [7, 11) is 0. The molecule has 0 spiro atoms.